The zero-order valence-electron chi connectivity index (χ0n) is 47.8. The van der Waals surface area contributed by atoms with Gasteiger partial charge in [0, 0.05) is 0 Å². The Labute approximate surface area is 430 Å². The first-order chi connectivity index (χ1) is 31.7. The normalized spacial score (nSPS) is 21.3. The van der Waals surface area contributed by atoms with Crippen molar-refractivity contribution >= 4 is 0 Å². The summed E-state index contributed by atoms with van der Waals surface area (Å²) >= 11 is 0. The summed E-state index contributed by atoms with van der Waals surface area (Å²) in [6.45, 7) is 28.2. The number of aliphatic hydroxyl groups is 10. The lowest BCUT2D eigenvalue weighted by atomic mass is 9.83. The molecule has 0 heterocycles. The summed E-state index contributed by atoms with van der Waals surface area (Å²) in [6, 6.07) is 0. The van der Waals surface area contributed by atoms with E-state index in [1.807, 2.05) is 62.3 Å². The lowest BCUT2D eigenvalue weighted by molar-refractivity contribution is -0.00889. The van der Waals surface area contributed by atoms with Crippen LogP contribution in [0.1, 0.15) is 289 Å². The first kappa shape index (κ1) is 68.8. The molecule has 0 saturated carbocycles. The molecule has 0 fully saturated rings. The van der Waals surface area contributed by atoms with Crippen LogP contribution in [0.5, 0.6) is 0 Å². The molecule has 0 aromatic rings. The van der Waals surface area contributed by atoms with Crippen LogP contribution in [0.15, 0.2) is 36.0 Å². The predicted octanol–water partition coefficient (Wildman–Crippen LogP) is 12.7. The summed E-state index contributed by atoms with van der Waals surface area (Å²) in [5.74, 6) is 0. The van der Waals surface area contributed by atoms with Gasteiger partial charge in [-0.1, -0.05) is 29.4 Å². The van der Waals surface area contributed by atoms with Crippen LogP contribution in [0.4, 0.5) is 0 Å². The van der Waals surface area contributed by atoms with Crippen molar-refractivity contribution in [2.75, 3.05) is 0 Å². The molecule has 0 aromatic carbocycles. The Morgan fingerprint density at radius 1 is 0.300 bits per heavy atom. The van der Waals surface area contributed by atoms with Crippen LogP contribution in [-0.2, 0) is 0 Å². The van der Waals surface area contributed by atoms with Gasteiger partial charge in [-0.3, -0.25) is 0 Å². The molecule has 0 aliphatic heterocycles. The summed E-state index contributed by atoms with van der Waals surface area (Å²) in [4.78, 5) is 0. The average molecular weight is 998 g/mol. The summed E-state index contributed by atoms with van der Waals surface area (Å²) < 4.78 is 0. The van der Waals surface area contributed by atoms with E-state index in [1.165, 1.54) is 11.1 Å². The molecule has 0 spiro atoms. The second-order valence-electron chi connectivity index (χ2n) is 26.1. The Bertz CT molecular complexity index is 1480. The zero-order chi connectivity index (χ0) is 54.2. The maximum Gasteiger partial charge on any atom is 0.0800 e. The molecule has 416 valence electrons. The van der Waals surface area contributed by atoms with Crippen molar-refractivity contribution in [2.45, 2.75) is 345 Å². The third-order valence-corrected chi connectivity index (χ3v) is 15.6. The quantitative estimate of drug-likeness (QED) is 0.0262. The highest BCUT2D eigenvalue weighted by atomic mass is 16.3. The van der Waals surface area contributed by atoms with E-state index < -0.39 is 56.0 Å². The Hall–Kier alpha value is -1.18. The summed E-state index contributed by atoms with van der Waals surface area (Å²) in [6.07, 6.45) is 25.8. The number of hydrogen-bond donors (Lipinski definition) is 10. The smallest absolute Gasteiger partial charge is 0.0800 e. The second-order valence-corrected chi connectivity index (χ2v) is 26.1. The Morgan fingerprint density at radius 2 is 0.500 bits per heavy atom. The summed E-state index contributed by atoms with van der Waals surface area (Å²) in [5.41, 5.74) is -6.18. The predicted molar refractivity (Wildman–Crippen MR) is 293 cm³/mol. The molecule has 0 saturated heterocycles. The molecule has 10 atom stereocenters. The molecule has 0 unspecified atom stereocenters. The minimum atomic E-state index is -0.920. The van der Waals surface area contributed by atoms with Crippen molar-refractivity contribution < 1.29 is 51.1 Å². The van der Waals surface area contributed by atoms with E-state index in [4.69, 9.17) is 0 Å². The van der Waals surface area contributed by atoms with Crippen LogP contribution in [0.3, 0.4) is 0 Å². The van der Waals surface area contributed by atoms with Gasteiger partial charge in [0.1, 0.15) is 0 Å². The molecule has 0 aliphatic carbocycles. The van der Waals surface area contributed by atoms with Crippen molar-refractivity contribution in [3.05, 3.63) is 36.0 Å². The van der Waals surface area contributed by atoms with Gasteiger partial charge in [-0.25, -0.2) is 0 Å². The van der Waals surface area contributed by atoms with Gasteiger partial charge in [0.05, 0.1) is 56.0 Å². The minimum absolute atomic E-state index is 0.536. The Morgan fingerprint density at radius 3 is 0.714 bits per heavy atom. The van der Waals surface area contributed by atoms with Crippen LogP contribution in [0, 0.1) is 0 Å². The number of hydrogen-bond acceptors (Lipinski definition) is 10. The SMILES string of the molecule is C=C[C@](C)(O)CC/C=C(\C)CCC[C@](C)(O)CCC[C@](C)(O)CCC[C@](C)(O)CCC[C@](C)(O)CCC[C@](C)(O)CCC[C@](C)(O)CCC[C@](C)(O)CCC[C@](C)(O)CCC[C@](C)(O)CCC=C(C)C. The fourth-order valence-electron chi connectivity index (χ4n) is 10.2. The van der Waals surface area contributed by atoms with Gasteiger partial charge in [-0.2, -0.15) is 0 Å². The molecule has 10 N–H and O–H groups in total. The van der Waals surface area contributed by atoms with E-state index in [9.17, 15) is 51.1 Å². The van der Waals surface area contributed by atoms with Gasteiger partial charge in [0.25, 0.3) is 0 Å². The zero-order valence-corrected chi connectivity index (χ0v) is 47.8. The fourth-order valence-corrected chi connectivity index (χ4v) is 10.2. The van der Waals surface area contributed by atoms with Gasteiger partial charge in [0.2, 0.25) is 0 Å². The molecule has 10 nitrogen and oxygen atoms in total. The van der Waals surface area contributed by atoms with Gasteiger partial charge in [-0.15, -0.1) is 6.58 Å². The maximum atomic E-state index is 11.2. The van der Waals surface area contributed by atoms with Gasteiger partial charge < -0.3 is 51.1 Å². The minimum Gasteiger partial charge on any atom is -0.390 e. The Kier molecular flexibility index (Phi) is 30.5. The lowest BCUT2D eigenvalue weighted by Crippen LogP contribution is -2.31. The van der Waals surface area contributed by atoms with E-state index in [1.54, 1.807) is 13.0 Å². The van der Waals surface area contributed by atoms with Crippen molar-refractivity contribution in [3.63, 3.8) is 0 Å². The van der Waals surface area contributed by atoms with Crippen LogP contribution < -0.4 is 0 Å². The standard InChI is InChI=1S/C60H116O10/c1-15-51(5,61)30-17-28-50(4)29-18-32-53(7,63)34-20-36-55(9,65)38-22-40-57(11,67)42-24-44-59(13,69)46-26-48-60(14,70)47-25-45-58(12,68)43-23-41-56(10,66)39-21-37-54(8,64)35-19-33-52(6,62)31-16-27-49(2)3/h15,27-28,61-70H,1,16-26,29-48H2,2-14H3/b50-28+/t51-,52+,53-,54+,55-,56+,57-,58+,59-,60+/m0/s1. The highest BCUT2D eigenvalue weighted by Crippen LogP contribution is 2.34. The van der Waals surface area contributed by atoms with Gasteiger partial charge in [-0.05, 0) is 289 Å². The first-order valence-corrected chi connectivity index (χ1v) is 27.9. The summed E-state index contributed by atoms with van der Waals surface area (Å²) in [5, 5.41) is 110. The fraction of sp³-hybridized carbons (Fsp3) is 0.900. The topological polar surface area (TPSA) is 202 Å². The number of allylic oxidation sites excluding steroid dienone is 4. The molecule has 0 aromatic heterocycles. The Balaban J connectivity index is 4.45. The molecule has 0 bridgehead atoms. The molecule has 0 aliphatic rings. The molecule has 10 heteroatoms. The largest absolute Gasteiger partial charge is 0.390 e. The van der Waals surface area contributed by atoms with Crippen LogP contribution in [0.25, 0.3) is 0 Å². The lowest BCUT2D eigenvalue weighted by Gasteiger charge is -2.31. The van der Waals surface area contributed by atoms with Crippen molar-refractivity contribution in [3.8, 4) is 0 Å². The molecule has 70 heavy (non-hydrogen) atoms. The molecule has 0 amide bonds. The number of rotatable bonds is 43. The van der Waals surface area contributed by atoms with E-state index in [2.05, 4.69) is 39.5 Å². The van der Waals surface area contributed by atoms with Crippen LogP contribution in [-0.4, -0.2) is 107 Å². The van der Waals surface area contributed by atoms with E-state index in [-0.39, 0.29) is 0 Å². The van der Waals surface area contributed by atoms with Crippen LogP contribution in [0.2, 0.25) is 0 Å². The van der Waals surface area contributed by atoms with Gasteiger partial charge >= 0.3 is 0 Å². The highest BCUT2D eigenvalue weighted by Gasteiger charge is 2.31. The third-order valence-electron chi connectivity index (χ3n) is 15.6. The summed E-state index contributed by atoms with van der Waals surface area (Å²) in [7, 11) is 0. The van der Waals surface area contributed by atoms with Crippen molar-refractivity contribution in [1.82, 2.24) is 0 Å². The first-order valence-electron chi connectivity index (χ1n) is 27.9. The van der Waals surface area contributed by atoms with E-state index in [0.29, 0.717) is 167 Å². The second kappa shape index (κ2) is 31.0. The maximum absolute atomic E-state index is 11.2. The average Bonchev–Trinajstić information content (AvgIpc) is 3.16. The van der Waals surface area contributed by atoms with E-state index in [0.717, 1.165) is 32.1 Å². The molecule has 0 radical (unpaired) electrons. The van der Waals surface area contributed by atoms with Crippen molar-refractivity contribution in [1.29, 1.82) is 0 Å². The van der Waals surface area contributed by atoms with E-state index >= 15 is 0 Å². The molecular formula is C60H116O10. The molecular weight excluding hydrogens is 881 g/mol. The van der Waals surface area contributed by atoms with Crippen LogP contribution >= 0.6 is 0 Å². The highest BCUT2D eigenvalue weighted by molar-refractivity contribution is 5.01. The van der Waals surface area contributed by atoms with Crippen molar-refractivity contribution in [2.24, 2.45) is 0 Å². The van der Waals surface area contributed by atoms with Gasteiger partial charge in [0.15, 0.2) is 0 Å². The third kappa shape index (κ3) is 38.4. The monoisotopic (exact) mass is 997 g/mol. The molecule has 0 rings (SSSR count).